The molecule has 0 spiro atoms. The molecule has 0 bridgehead atoms. The first-order chi connectivity index (χ1) is 10.8. The molecule has 1 unspecified atom stereocenters. The lowest BCUT2D eigenvalue weighted by Crippen LogP contribution is -1.98. The molecule has 0 fully saturated rings. The maximum Gasteiger partial charge on any atom is 0.0647 e. The molecule has 2 aromatic carbocycles. The van der Waals surface area contributed by atoms with Crippen molar-refractivity contribution in [3.05, 3.63) is 84.2 Å². The average Bonchev–Trinajstić information content (AvgIpc) is 3.05. The highest BCUT2D eigenvalue weighted by molar-refractivity contribution is 7.42. The van der Waals surface area contributed by atoms with Crippen molar-refractivity contribution in [3.63, 3.8) is 0 Å². The molecule has 3 nitrogen and oxygen atoms in total. The Labute approximate surface area is 132 Å². The van der Waals surface area contributed by atoms with Crippen LogP contribution in [0.2, 0.25) is 0 Å². The molecule has 0 aliphatic rings. The second kappa shape index (κ2) is 7.15. The van der Waals surface area contributed by atoms with Crippen molar-refractivity contribution in [1.29, 1.82) is 0 Å². The van der Waals surface area contributed by atoms with Crippen LogP contribution in [0.5, 0.6) is 0 Å². The molecule has 0 N–H and O–H groups in total. The van der Waals surface area contributed by atoms with Crippen molar-refractivity contribution < 1.29 is 0 Å². The molecule has 1 atom stereocenters. The van der Waals surface area contributed by atoms with Crippen molar-refractivity contribution in [3.8, 4) is 5.69 Å². The van der Waals surface area contributed by atoms with Crippen LogP contribution in [-0.4, -0.2) is 21.8 Å². The van der Waals surface area contributed by atoms with Crippen LogP contribution in [0.4, 0.5) is 0 Å². The maximum atomic E-state index is 4.60. The van der Waals surface area contributed by atoms with E-state index in [1.54, 1.807) is 0 Å². The summed E-state index contributed by atoms with van der Waals surface area (Å²) in [5.41, 5.74) is 4.26. The van der Waals surface area contributed by atoms with Crippen LogP contribution in [0.15, 0.2) is 77.9 Å². The zero-order chi connectivity index (χ0) is 15.2. The summed E-state index contributed by atoms with van der Waals surface area (Å²) < 4.78 is 1.90. The Kier molecular flexibility index (Phi) is 4.77. The van der Waals surface area contributed by atoms with Gasteiger partial charge in [0.1, 0.15) is 0 Å². The Balaban J connectivity index is 1.62. The van der Waals surface area contributed by atoms with E-state index in [9.17, 15) is 0 Å². The molecule has 0 saturated carbocycles. The quantitative estimate of drug-likeness (QED) is 0.401. The molecule has 22 heavy (non-hydrogen) atoms. The number of benzene rings is 2. The van der Waals surface area contributed by atoms with Gasteiger partial charge in [0.25, 0.3) is 0 Å². The third-order valence-corrected chi connectivity index (χ3v) is 3.90. The van der Waals surface area contributed by atoms with E-state index in [4.69, 9.17) is 0 Å². The highest BCUT2D eigenvalue weighted by atomic mass is 31.0. The summed E-state index contributed by atoms with van der Waals surface area (Å²) in [7, 11) is 2.71. The largest absolute Gasteiger partial charge is 0.285 e. The Morgan fingerprint density at radius 1 is 0.955 bits per heavy atom. The Morgan fingerprint density at radius 2 is 1.64 bits per heavy atom. The van der Waals surface area contributed by atoms with Gasteiger partial charge in [-0.05, 0) is 23.8 Å². The lowest BCUT2D eigenvalue weighted by Gasteiger charge is -2.01. The van der Waals surface area contributed by atoms with Gasteiger partial charge in [0.2, 0.25) is 0 Å². The van der Waals surface area contributed by atoms with Gasteiger partial charge in [-0.15, -0.1) is 0 Å². The van der Waals surface area contributed by atoms with Crippen LogP contribution in [0.25, 0.3) is 5.69 Å². The fourth-order valence-electron chi connectivity index (χ4n) is 2.21. The van der Waals surface area contributed by atoms with Gasteiger partial charge >= 0.3 is 0 Å². The van der Waals surface area contributed by atoms with Crippen LogP contribution in [0.1, 0.15) is 11.3 Å². The van der Waals surface area contributed by atoms with Crippen LogP contribution in [0.3, 0.4) is 0 Å². The summed E-state index contributed by atoms with van der Waals surface area (Å²) in [4.78, 5) is 4.60. The molecule has 3 aromatic rings. The van der Waals surface area contributed by atoms with Crippen molar-refractivity contribution in [2.45, 2.75) is 6.42 Å². The molecular formula is C18H18N3P. The highest BCUT2D eigenvalue weighted by Gasteiger charge is 2.01. The van der Waals surface area contributed by atoms with E-state index in [0.717, 1.165) is 35.4 Å². The van der Waals surface area contributed by atoms with Crippen molar-refractivity contribution >= 4 is 14.7 Å². The van der Waals surface area contributed by atoms with Gasteiger partial charge < -0.3 is 0 Å². The lowest BCUT2D eigenvalue weighted by atomic mass is 10.2. The van der Waals surface area contributed by atoms with Gasteiger partial charge in [0.05, 0.1) is 16.8 Å². The maximum absolute atomic E-state index is 4.60. The minimum atomic E-state index is 0.736. The van der Waals surface area contributed by atoms with Gasteiger partial charge in [-0.2, -0.15) is 5.10 Å². The van der Waals surface area contributed by atoms with Gasteiger partial charge in [-0.25, -0.2) is 4.68 Å². The summed E-state index contributed by atoms with van der Waals surface area (Å²) >= 11 is 0. The van der Waals surface area contributed by atoms with Gasteiger partial charge in [-0.1, -0.05) is 57.8 Å². The lowest BCUT2D eigenvalue weighted by molar-refractivity contribution is 0.822. The number of aromatic nitrogens is 2. The standard InChI is InChI=1S/C18H18N3P/c22-18(15-7-3-1-4-8-15)19-13-11-16-12-14-21(20-16)17-9-5-2-6-10-17/h1-10,12,14H,11,13,22H2/i19+1. The fraction of sp³-hybridized carbons (Fsp3) is 0.111. The first-order valence-electron chi connectivity index (χ1n) is 7.28. The van der Waals surface area contributed by atoms with Gasteiger partial charge in [0, 0.05) is 19.2 Å². The van der Waals surface area contributed by atoms with Crippen molar-refractivity contribution in [2.24, 2.45) is 4.99 Å². The molecule has 1 heterocycles. The van der Waals surface area contributed by atoms with Crippen LogP contribution < -0.4 is 0 Å². The van der Waals surface area contributed by atoms with E-state index in [2.05, 4.69) is 31.5 Å². The van der Waals surface area contributed by atoms with Crippen LogP contribution >= 0.6 is 9.24 Å². The molecule has 0 saturated heterocycles. The molecule has 1 aromatic heterocycles. The highest BCUT2D eigenvalue weighted by Crippen LogP contribution is 2.09. The molecule has 4 heteroatoms. The van der Waals surface area contributed by atoms with Gasteiger partial charge in [-0.3, -0.25) is 4.99 Å². The molecule has 0 aliphatic heterocycles. The van der Waals surface area contributed by atoms with E-state index in [0.29, 0.717) is 0 Å². The van der Waals surface area contributed by atoms with E-state index in [1.165, 1.54) is 0 Å². The second-order valence-corrected chi connectivity index (χ2v) is 5.52. The molecule has 0 radical (unpaired) electrons. The summed E-state index contributed by atoms with van der Waals surface area (Å²) in [5, 5.41) is 4.59. The first kappa shape index (κ1) is 14.7. The first-order valence-corrected chi connectivity index (χ1v) is 7.86. The topological polar surface area (TPSA) is 30.2 Å². The summed E-state index contributed by atoms with van der Waals surface area (Å²) in [5.74, 6) is 0. The fourth-order valence-corrected chi connectivity index (χ4v) is 2.53. The number of rotatable bonds is 5. The zero-order valence-electron chi connectivity index (χ0n) is 12.3. The number of para-hydroxylation sites is 1. The minimum absolute atomic E-state index is 0.736. The molecule has 0 amide bonds. The number of nitrogens with zero attached hydrogens (tertiary/aromatic N) is 3. The summed E-state index contributed by atoms with van der Waals surface area (Å²) in [6.45, 7) is 0.736. The molecule has 0 aliphatic carbocycles. The third-order valence-electron chi connectivity index (χ3n) is 3.38. The molecule has 3 rings (SSSR count). The normalized spacial score (nSPS) is 11.6. The number of hydrogen-bond donors (Lipinski definition) is 0. The second-order valence-electron chi connectivity index (χ2n) is 4.97. The summed E-state index contributed by atoms with van der Waals surface area (Å²) in [6.07, 6.45) is 2.83. The van der Waals surface area contributed by atoms with E-state index >= 15 is 0 Å². The zero-order valence-corrected chi connectivity index (χ0v) is 13.4. The Hall–Kier alpha value is -2.25. The average molecular weight is 308 g/mol. The summed E-state index contributed by atoms with van der Waals surface area (Å²) in [6, 6.07) is 22.4. The monoisotopic (exact) mass is 308 g/mol. The molecular weight excluding hydrogens is 290 g/mol. The van der Waals surface area contributed by atoms with Crippen molar-refractivity contribution in [1.82, 2.24) is 9.78 Å². The Bertz CT molecular complexity index is 748. The third kappa shape index (κ3) is 3.69. The Morgan fingerprint density at radius 3 is 2.36 bits per heavy atom. The SMILES string of the molecule is PC(=[15N]CCc1ccn(-c2ccccc2)n1)c1ccccc1. The number of aliphatic imine (C=N–C) groups is 1. The van der Waals surface area contributed by atoms with Crippen molar-refractivity contribution in [2.75, 3.05) is 6.54 Å². The van der Waals surface area contributed by atoms with Crippen LogP contribution in [0, 0.1) is 0 Å². The smallest absolute Gasteiger partial charge is 0.0647 e. The predicted molar refractivity (Wildman–Crippen MR) is 94.8 cm³/mol. The van der Waals surface area contributed by atoms with E-state index < -0.39 is 0 Å². The van der Waals surface area contributed by atoms with E-state index in [1.807, 2.05) is 65.5 Å². The predicted octanol–water partition coefficient (Wildman–Crippen LogP) is 3.74. The number of hydrogen-bond acceptors (Lipinski definition) is 2. The van der Waals surface area contributed by atoms with Crippen LogP contribution in [-0.2, 0) is 6.42 Å². The van der Waals surface area contributed by atoms with Gasteiger partial charge in [0.15, 0.2) is 0 Å². The van der Waals surface area contributed by atoms with E-state index in [-0.39, 0.29) is 0 Å². The molecule has 110 valence electrons. The minimum Gasteiger partial charge on any atom is -0.285 e.